The van der Waals surface area contributed by atoms with Gasteiger partial charge in [-0.1, -0.05) is 12.1 Å². The number of aryl methyl sites for hydroxylation is 1. The molecule has 5 nitrogen and oxygen atoms in total. The third kappa shape index (κ3) is 3.84. The van der Waals surface area contributed by atoms with Crippen LogP contribution in [-0.2, 0) is 12.7 Å². The van der Waals surface area contributed by atoms with Crippen LogP contribution in [0.1, 0.15) is 37.1 Å². The van der Waals surface area contributed by atoms with Crippen LogP contribution in [0.2, 0.25) is 0 Å². The van der Waals surface area contributed by atoms with Gasteiger partial charge in [0.15, 0.2) is 0 Å². The number of anilines is 1. The molecule has 26 heavy (non-hydrogen) atoms. The topological polar surface area (TPSA) is 50.2 Å². The van der Waals surface area contributed by atoms with Crippen molar-refractivity contribution in [1.29, 1.82) is 0 Å². The molecule has 2 amide bonds. The van der Waals surface area contributed by atoms with E-state index in [0.29, 0.717) is 13.1 Å². The van der Waals surface area contributed by atoms with Crippen molar-refractivity contribution >= 4 is 11.7 Å². The molecule has 3 rings (SSSR count). The van der Waals surface area contributed by atoms with E-state index in [1.54, 1.807) is 11.1 Å². The van der Waals surface area contributed by atoms with Gasteiger partial charge in [0.25, 0.3) is 0 Å². The fraction of sp³-hybridized carbons (Fsp3) is 0.444. The smallest absolute Gasteiger partial charge is 0.335 e. The van der Waals surface area contributed by atoms with Gasteiger partial charge in [0.05, 0.1) is 11.3 Å². The number of halogens is 3. The molecule has 0 saturated carbocycles. The van der Waals surface area contributed by atoms with Gasteiger partial charge in [-0.25, -0.2) is 9.78 Å². The van der Waals surface area contributed by atoms with E-state index in [0.717, 1.165) is 31.3 Å². The molecule has 8 heteroatoms. The van der Waals surface area contributed by atoms with E-state index < -0.39 is 17.8 Å². The third-order valence-corrected chi connectivity index (χ3v) is 4.64. The molecule has 1 aromatic carbocycles. The molecule has 0 bridgehead atoms. The zero-order chi connectivity index (χ0) is 18.7. The Hall–Kier alpha value is -2.51. The highest BCUT2D eigenvalue weighted by molar-refractivity contribution is 5.90. The first kappa shape index (κ1) is 18.3. The van der Waals surface area contributed by atoms with Crippen LogP contribution in [0.15, 0.2) is 36.7 Å². The molecule has 0 spiro atoms. The molecule has 140 valence electrons. The van der Waals surface area contributed by atoms with Crippen molar-refractivity contribution in [2.75, 3.05) is 18.4 Å². The molecule has 1 N–H and O–H groups in total. The minimum absolute atomic E-state index is 0.0855. The number of alkyl halides is 3. The summed E-state index contributed by atoms with van der Waals surface area (Å²) >= 11 is 0. The molecule has 0 aliphatic carbocycles. The lowest BCUT2D eigenvalue weighted by Gasteiger charge is -2.33. The fourth-order valence-corrected chi connectivity index (χ4v) is 3.35. The highest BCUT2D eigenvalue weighted by Gasteiger charge is 2.34. The van der Waals surface area contributed by atoms with Gasteiger partial charge in [-0.15, -0.1) is 0 Å². The maximum absolute atomic E-state index is 13.1. The van der Waals surface area contributed by atoms with Gasteiger partial charge in [0.1, 0.15) is 5.82 Å². The van der Waals surface area contributed by atoms with Gasteiger partial charge in [-0.3, -0.25) is 0 Å². The molecule has 2 aromatic rings. The summed E-state index contributed by atoms with van der Waals surface area (Å²) in [5.74, 6) is 1.00. The molecule has 2 heterocycles. The van der Waals surface area contributed by atoms with Crippen molar-refractivity contribution in [1.82, 2.24) is 14.5 Å². The van der Waals surface area contributed by atoms with Crippen LogP contribution in [0.4, 0.5) is 23.7 Å². The van der Waals surface area contributed by atoms with E-state index in [1.165, 1.54) is 18.2 Å². The fourth-order valence-electron chi connectivity index (χ4n) is 3.35. The number of carbonyl (C=O) groups is 1. The van der Waals surface area contributed by atoms with E-state index in [9.17, 15) is 18.0 Å². The molecule has 1 aromatic heterocycles. The molecule has 0 radical (unpaired) electrons. The van der Waals surface area contributed by atoms with Gasteiger partial charge in [-0.05, 0) is 31.9 Å². The Morgan fingerprint density at radius 2 is 2.12 bits per heavy atom. The van der Waals surface area contributed by atoms with Crippen molar-refractivity contribution in [3.05, 3.63) is 48.0 Å². The second kappa shape index (κ2) is 7.39. The Bertz CT molecular complexity index is 772. The van der Waals surface area contributed by atoms with Crippen molar-refractivity contribution in [3.63, 3.8) is 0 Å². The summed E-state index contributed by atoms with van der Waals surface area (Å²) in [5.41, 5.74) is -1.06. The Morgan fingerprint density at radius 3 is 2.85 bits per heavy atom. The van der Waals surface area contributed by atoms with Crippen molar-refractivity contribution in [2.45, 2.75) is 38.4 Å². The Kier molecular flexibility index (Phi) is 5.20. The normalized spacial score (nSPS) is 18.0. The summed E-state index contributed by atoms with van der Waals surface area (Å²) < 4.78 is 41.3. The summed E-state index contributed by atoms with van der Waals surface area (Å²) in [7, 11) is 0. The van der Waals surface area contributed by atoms with Crippen LogP contribution in [-0.4, -0.2) is 33.6 Å². The molecule has 1 aliphatic rings. The number of amides is 2. The summed E-state index contributed by atoms with van der Waals surface area (Å²) in [6.45, 7) is 3.77. The van der Waals surface area contributed by atoms with Crippen LogP contribution in [0, 0.1) is 0 Å². The number of rotatable bonds is 3. The van der Waals surface area contributed by atoms with E-state index in [2.05, 4.69) is 10.3 Å². The lowest BCUT2D eigenvalue weighted by Crippen LogP contribution is -2.42. The number of hydrogen-bond acceptors (Lipinski definition) is 2. The zero-order valence-corrected chi connectivity index (χ0v) is 14.5. The quantitative estimate of drug-likeness (QED) is 0.879. The van der Waals surface area contributed by atoms with Crippen molar-refractivity contribution in [2.24, 2.45) is 0 Å². The monoisotopic (exact) mass is 366 g/mol. The standard InChI is InChI=1S/C18H21F3N4O/c1-2-24-11-9-22-16(24)13-6-5-10-25(12-13)17(26)23-15-8-4-3-7-14(15)18(19,20)21/h3-4,7-9,11,13H,2,5-6,10,12H2,1H3,(H,23,26). The maximum Gasteiger partial charge on any atom is 0.418 e. The molecule has 1 aliphatic heterocycles. The van der Waals surface area contributed by atoms with Crippen LogP contribution >= 0.6 is 0 Å². The zero-order valence-electron chi connectivity index (χ0n) is 14.5. The number of nitrogens with zero attached hydrogens (tertiary/aromatic N) is 3. The van der Waals surface area contributed by atoms with Gasteiger partial charge >= 0.3 is 12.2 Å². The SMILES string of the molecule is CCn1ccnc1C1CCCN(C(=O)Nc2ccccc2C(F)(F)F)C1. The Morgan fingerprint density at radius 1 is 1.35 bits per heavy atom. The second-order valence-electron chi connectivity index (χ2n) is 6.33. The summed E-state index contributed by atoms with van der Waals surface area (Å²) in [6.07, 6.45) is 0.807. The predicted molar refractivity (Wildman–Crippen MR) is 91.9 cm³/mol. The average Bonchev–Trinajstić information content (AvgIpc) is 3.10. The Labute approximate surface area is 149 Å². The number of aromatic nitrogens is 2. The first-order chi connectivity index (χ1) is 12.4. The molecular weight excluding hydrogens is 345 g/mol. The lowest BCUT2D eigenvalue weighted by molar-refractivity contribution is -0.136. The van der Waals surface area contributed by atoms with Crippen LogP contribution in [0.3, 0.4) is 0 Å². The van der Waals surface area contributed by atoms with E-state index in [-0.39, 0.29) is 11.6 Å². The number of urea groups is 1. The number of carbonyl (C=O) groups excluding carboxylic acids is 1. The first-order valence-corrected chi connectivity index (χ1v) is 8.63. The van der Waals surface area contributed by atoms with Gasteiger partial charge in [-0.2, -0.15) is 13.2 Å². The largest absolute Gasteiger partial charge is 0.418 e. The highest BCUT2D eigenvalue weighted by Crippen LogP contribution is 2.35. The number of nitrogens with one attached hydrogen (secondary N) is 1. The van der Waals surface area contributed by atoms with Crippen molar-refractivity contribution in [3.8, 4) is 0 Å². The molecular formula is C18H21F3N4O. The molecule has 1 atom stereocenters. The van der Waals surface area contributed by atoms with Crippen LogP contribution in [0.25, 0.3) is 0 Å². The number of imidazole rings is 1. The summed E-state index contributed by atoms with van der Waals surface area (Å²) in [4.78, 5) is 18.5. The first-order valence-electron chi connectivity index (χ1n) is 8.63. The Balaban J connectivity index is 1.73. The van der Waals surface area contributed by atoms with E-state index >= 15 is 0 Å². The summed E-state index contributed by atoms with van der Waals surface area (Å²) in [6, 6.07) is 4.50. The minimum atomic E-state index is -4.51. The highest BCUT2D eigenvalue weighted by atomic mass is 19.4. The average molecular weight is 366 g/mol. The lowest BCUT2D eigenvalue weighted by atomic mass is 9.97. The minimum Gasteiger partial charge on any atom is -0.335 e. The number of para-hydroxylation sites is 1. The van der Waals surface area contributed by atoms with E-state index in [1.807, 2.05) is 17.7 Å². The number of hydrogen-bond donors (Lipinski definition) is 1. The maximum atomic E-state index is 13.1. The third-order valence-electron chi connectivity index (χ3n) is 4.64. The van der Waals surface area contributed by atoms with Gasteiger partial charge in [0.2, 0.25) is 0 Å². The van der Waals surface area contributed by atoms with Crippen LogP contribution < -0.4 is 5.32 Å². The second-order valence-corrected chi connectivity index (χ2v) is 6.33. The number of piperidine rings is 1. The van der Waals surface area contributed by atoms with Gasteiger partial charge < -0.3 is 14.8 Å². The van der Waals surface area contributed by atoms with Crippen LogP contribution in [0.5, 0.6) is 0 Å². The number of benzene rings is 1. The van der Waals surface area contributed by atoms with Crippen molar-refractivity contribution < 1.29 is 18.0 Å². The molecule has 1 fully saturated rings. The van der Waals surface area contributed by atoms with Gasteiger partial charge in [0, 0.05) is 37.9 Å². The number of likely N-dealkylation sites (tertiary alicyclic amines) is 1. The summed E-state index contributed by atoms with van der Waals surface area (Å²) in [5, 5.41) is 2.42. The molecule has 1 unspecified atom stereocenters. The molecule has 1 saturated heterocycles. The predicted octanol–water partition coefficient (Wildman–Crippen LogP) is 4.33. The van der Waals surface area contributed by atoms with E-state index in [4.69, 9.17) is 0 Å².